The first-order valence-corrected chi connectivity index (χ1v) is 5.74. The first-order chi connectivity index (χ1) is 9.43. The molecular formula is C13H10F3NO3. The Morgan fingerprint density at radius 1 is 1.30 bits per heavy atom. The fourth-order valence-electron chi connectivity index (χ4n) is 1.55. The van der Waals surface area contributed by atoms with Crippen molar-refractivity contribution in [3.05, 3.63) is 41.8 Å². The highest BCUT2D eigenvalue weighted by atomic mass is 19.4. The fraction of sp³-hybridized carbons (Fsp3) is 0.231. The van der Waals surface area contributed by atoms with Gasteiger partial charge in [0.25, 0.3) is 0 Å². The van der Waals surface area contributed by atoms with E-state index in [0.717, 1.165) is 0 Å². The van der Waals surface area contributed by atoms with Gasteiger partial charge in [0.05, 0.1) is 6.61 Å². The van der Waals surface area contributed by atoms with Crippen molar-refractivity contribution in [1.29, 1.82) is 0 Å². The van der Waals surface area contributed by atoms with Crippen molar-refractivity contribution in [2.24, 2.45) is 0 Å². The number of hydrogen-bond donors (Lipinski definition) is 0. The lowest BCUT2D eigenvalue weighted by Crippen LogP contribution is -2.14. The fourth-order valence-corrected chi connectivity index (χ4v) is 1.55. The summed E-state index contributed by atoms with van der Waals surface area (Å²) in [5.41, 5.74) is -1.04. The SMILES string of the molecule is CCOC(=O)c1oc(-c2ccccc2)nc1C(F)(F)F. The zero-order chi connectivity index (χ0) is 14.8. The molecule has 0 radical (unpaired) electrons. The third kappa shape index (κ3) is 2.81. The summed E-state index contributed by atoms with van der Waals surface area (Å²) in [6, 6.07) is 8.00. The summed E-state index contributed by atoms with van der Waals surface area (Å²) in [7, 11) is 0. The Kier molecular flexibility index (Phi) is 3.78. The van der Waals surface area contributed by atoms with Crippen LogP contribution in [0.15, 0.2) is 34.7 Å². The van der Waals surface area contributed by atoms with Crippen LogP contribution in [0, 0.1) is 0 Å². The summed E-state index contributed by atoms with van der Waals surface area (Å²) in [5, 5.41) is 0. The number of aromatic nitrogens is 1. The van der Waals surface area contributed by atoms with Gasteiger partial charge in [-0.15, -0.1) is 0 Å². The van der Waals surface area contributed by atoms with Crippen molar-refractivity contribution in [1.82, 2.24) is 4.98 Å². The Balaban J connectivity index is 2.50. The predicted octanol–water partition coefficient (Wildman–Crippen LogP) is 3.54. The molecule has 0 atom stereocenters. The standard InChI is InChI=1S/C13H10F3NO3/c1-2-19-12(18)9-10(13(14,15)16)17-11(20-9)8-6-4-3-5-7-8/h3-7H,2H2,1H3. The van der Waals surface area contributed by atoms with Crippen molar-refractivity contribution in [2.75, 3.05) is 6.61 Å². The molecule has 20 heavy (non-hydrogen) atoms. The molecule has 0 unspecified atom stereocenters. The molecule has 0 saturated carbocycles. The molecule has 4 nitrogen and oxygen atoms in total. The Morgan fingerprint density at radius 3 is 2.50 bits per heavy atom. The quantitative estimate of drug-likeness (QED) is 0.809. The molecule has 0 aliphatic heterocycles. The van der Waals surface area contributed by atoms with Gasteiger partial charge in [-0.05, 0) is 19.1 Å². The lowest BCUT2D eigenvalue weighted by molar-refractivity contribution is -0.141. The molecule has 0 N–H and O–H groups in total. The van der Waals surface area contributed by atoms with E-state index in [0.29, 0.717) is 5.56 Å². The van der Waals surface area contributed by atoms with Crippen LogP contribution in [-0.4, -0.2) is 17.6 Å². The van der Waals surface area contributed by atoms with Crippen molar-refractivity contribution < 1.29 is 27.1 Å². The molecule has 2 aromatic rings. The monoisotopic (exact) mass is 285 g/mol. The molecule has 0 spiro atoms. The maximum absolute atomic E-state index is 12.8. The van der Waals surface area contributed by atoms with Crippen molar-refractivity contribution in [2.45, 2.75) is 13.1 Å². The second-order valence-electron chi connectivity index (χ2n) is 3.78. The number of carbonyl (C=O) groups is 1. The third-order valence-corrected chi connectivity index (χ3v) is 2.38. The van der Waals surface area contributed by atoms with Gasteiger partial charge in [0.15, 0.2) is 5.69 Å². The lowest BCUT2D eigenvalue weighted by Gasteiger charge is -2.03. The number of hydrogen-bond acceptors (Lipinski definition) is 4. The van der Waals surface area contributed by atoms with Gasteiger partial charge in [0.1, 0.15) is 0 Å². The van der Waals surface area contributed by atoms with Crippen molar-refractivity contribution >= 4 is 5.97 Å². The van der Waals surface area contributed by atoms with Crippen LogP contribution in [0.25, 0.3) is 11.5 Å². The summed E-state index contributed by atoms with van der Waals surface area (Å²) < 4.78 is 48.0. The van der Waals surface area contributed by atoms with Crippen LogP contribution in [0.4, 0.5) is 13.2 Å². The first-order valence-electron chi connectivity index (χ1n) is 5.74. The van der Waals surface area contributed by atoms with E-state index >= 15 is 0 Å². The zero-order valence-corrected chi connectivity index (χ0v) is 10.4. The number of nitrogens with zero attached hydrogens (tertiary/aromatic N) is 1. The van der Waals surface area contributed by atoms with Gasteiger partial charge < -0.3 is 9.15 Å². The Bertz CT molecular complexity index is 605. The smallest absolute Gasteiger partial charge is 0.437 e. The first kappa shape index (κ1) is 14.1. The number of carbonyl (C=O) groups excluding carboxylic acids is 1. The molecule has 0 fully saturated rings. The summed E-state index contributed by atoms with van der Waals surface area (Å²) in [6.45, 7) is 1.43. The lowest BCUT2D eigenvalue weighted by atomic mass is 10.2. The Hall–Kier alpha value is -2.31. The van der Waals surface area contributed by atoms with Gasteiger partial charge in [0, 0.05) is 5.56 Å². The highest BCUT2D eigenvalue weighted by Gasteiger charge is 2.41. The number of benzene rings is 1. The van der Waals surface area contributed by atoms with Crippen LogP contribution in [0.5, 0.6) is 0 Å². The molecule has 1 aromatic carbocycles. The van der Waals surface area contributed by atoms with Gasteiger partial charge in [-0.1, -0.05) is 18.2 Å². The predicted molar refractivity (Wildman–Crippen MR) is 62.9 cm³/mol. The van der Waals surface area contributed by atoms with Gasteiger partial charge >= 0.3 is 12.1 Å². The van der Waals surface area contributed by atoms with E-state index in [2.05, 4.69) is 9.72 Å². The normalized spacial score (nSPS) is 11.4. The van der Waals surface area contributed by atoms with Gasteiger partial charge in [-0.2, -0.15) is 13.2 Å². The molecule has 1 heterocycles. The molecule has 2 rings (SSSR count). The number of rotatable bonds is 3. The van der Waals surface area contributed by atoms with Crippen LogP contribution in [0.1, 0.15) is 23.2 Å². The van der Waals surface area contributed by atoms with E-state index in [4.69, 9.17) is 4.42 Å². The van der Waals surface area contributed by atoms with E-state index in [1.54, 1.807) is 18.2 Å². The van der Waals surface area contributed by atoms with Crippen LogP contribution in [-0.2, 0) is 10.9 Å². The molecule has 106 valence electrons. The van der Waals surface area contributed by atoms with E-state index < -0.39 is 23.6 Å². The summed E-state index contributed by atoms with van der Waals surface area (Å²) in [6.07, 6.45) is -4.79. The average molecular weight is 285 g/mol. The van der Waals surface area contributed by atoms with Gasteiger partial charge in [0.2, 0.25) is 11.7 Å². The molecule has 0 saturated heterocycles. The van der Waals surface area contributed by atoms with Crippen molar-refractivity contribution in [3.63, 3.8) is 0 Å². The molecule has 7 heteroatoms. The highest BCUT2D eigenvalue weighted by molar-refractivity contribution is 5.88. The largest absolute Gasteiger partial charge is 0.460 e. The van der Waals surface area contributed by atoms with Gasteiger partial charge in [-0.25, -0.2) is 9.78 Å². The Labute approximate surface area is 112 Å². The molecule has 1 aromatic heterocycles. The second kappa shape index (κ2) is 5.36. The summed E-state index contributed by atoms with van der Waals surface area (Å²) >= 11 is 0. The number of esters is 1. The van der Waals surface area contributed by atoms with Crippen LogP contribution < -0.4 is 0 Å². The van der Waals surface area contributed by atoms with E-state index in [1.165, 1.54) is 19.1 Å². The summed E-state index contributed by atoms with van der Waals surface area (Å²) in [5.74, 6) is -2.39. The number of ether oxygens (including phenoxy) is 1. The molecule has 0 amide bonds. The molecular weight excluding hydrogens is 275 g/mol. The number of oxazole rings is 1. The maximum atomic E-state index is 12.8. The average Bonchev–Trinajstić information content (AvgIpc) is 2.85. The van der Waals surface area contributed by atoms with Crippen LogP contribution in [0.3, 0.4) is 0 Å². The topological polar surface area (TPSA) is 52.3 Å². The minimum atomic E-state index is -4.79. The van der Waals surface area contributed by atoms with E-state index in [1.807, 2.05) is 0 Å². The molecule has 0 aliphatic rings. The highest BCUT2D eigenvalue weighted by Crippen LogP contribution is 2.34. The Morgan fingerprint density at radius 2 is 1.95 bits per heavy atom. The van der Waals surface area contributed by atoms with Crippen LogP contribution in [0.2, 0.25) is 0 Å². The van der Waals surface area contributed by atoms with E-state index in [-0.39, 0.29) is 12.5 Å². The number of alkyl halides is 3. The maximum Gasteiger partial charge on any atom is 0.437 e. The zero-order valence-electron chi connectivity index (χ0n) is 10.4. The second-order valence-corrected chi connectivity index (χ2v) is 3.78. The van der Waals surface area contributed by atoms with Crippen LogP contribution >= 0.6 is 0 Å². The minimum Gasteiger partial charge on any atom is -0.460 e. The molecule has 0 bridgehead atoms. The van der Waals surface area contributed by atoms with Gasteiger partial charge in [-0.3, -0.25) is 0 Å². The van der Waals surface area contributed by atoms with E-state index in [9.17, 15) is 18.0 Å². The molecule has 0 aliphatic carbocycles. The summed E-state index contributed by atoms with van der Waals surface area (Å²) in [4.78, 5) is 14.9. The minimum absolute atomic E-state index is 0.0580. The third-order valence-electron chi connectivity index (χ3n) is 2.38. The van der Waals surface area contributed by atoms with Crippen molar-refractivity contribution in [3.8, 4) is 11.5 Å². The number of halogens is 3.